The summed E-state index contributed by atoms with van der Waals surface area (Å²) in [5.41, 5.74) is 4.61. The fraction of sp³-hybridized carbons (Fsp3) is 0.400. The van der Waals surface area contributed by atoms with Crippen molar-refractivity contribution < 1.29 is 0 Å². The maximum atomic E-state index is 2.32. The van der Waals surface area contributed by atoms with E-state index in [4.69, 9.17) is 0 Å². The van der Waals surface area contributed by atoms with Gasteiger partial charge in [0.05, 0.1) is 0 Å². The summed E-state index contributed by atoms with van der Waals surface area (Å²) < 4.78 is 0. The van der Waals surface area contributed by atoms with Crippen molar-refractivity contribution in [3.8, 4) is 0 Å². The lowest BCUT2D eigenvalue weighted by molar-refractivity contribution is 0.522. The minimum absolute atomic E-state index is 0.171. The Balaban J connectivity index is 2.18. The van der Waals surface area contributed by atoms with E-state index in [0.29, 0.717) is 0 Å². The second kappa shape index (κ2) is 5.44. The van der Waals surface area contributed by atoms with Gasteiger partial charge in [-0.05, 0) is 33.9 Å². The molecule has 2 aromatic carbocycles. The monoisotopic (exact) mass is 266 g/mol. The molecule has 0 N–H and O–H groups in total. The van der Waals surface area contributed by atoms with Crippen LogP contribution in [0.2, 0.25) is 0 Å². The maximum absolute atomic E-state index is 2.32. The third kappa shape index (κ3) is 3.50. The molecule has 0 aliphatic rings. The lowest BCUT2D eigenvalue weighted by Gasteiger charge is -2.26. The van der Waals surface area contributed by atoms with Gasteiger partial charge in [0, 0.05) is 0 Å². The van der Waals surface area contributed by atoms with Crippen LogP contribution in [0.3, 0.4) is 0 Å². The molecule has 0 saturated carbocycles. The van der Waals surface area contributed by atoms with Crippen LogP contribution in [0.5, 0.6) is 0 Å². The Hall–Kier alpha value is -1.56. The van der Waals surface area contributed by atoms with Crippen molar-refractivity contribution >= 4 is 0 Å². The van der Waals surface area contributed by atoms with E-state index >= 15 is 0 Å². The Morgan fingerprint density at radius 3 is 1.70 bits per heavy atom. The van der Waals surface area contributed by atoms with Crippen molar-refractivity contribution in [2.45, 2.75) is 51.9 Å². The normalized spacial score (nSPS) is 12.4. The molecule has 0 amide bonds. The molecular weight excluding hydrogens is 240 g/mol. The van der Waals surface area contributed by atoms with Crippen molar-refractivity contribution in [1.29, 1.82) is 0 Å². The van der Waals surface area contributed by atoms with Gasteiger partial charge in [-0.1, -0.05) is 89.2 Å². The summed E-state index contributed by atoms with van der Waals surface area (Å²) in [6.45, 7) is 11.4. The summed E-state index contributed by atoms with van der Waals surface area (Å²) >= 11 is 0. The zero-order chi connectivity index (χ0) is 14.8. The first kappa shape index (κ1) is 14.8. The van der Waals surface area contributed by atoms with E-state index in [2.05, 4.69) is 89.2 Å². The summed E-state index contributed by atoms with van der Waals surface area (Å²) in [5.74, 6) is 0. The first-order chi connectivity index (χ1) is 9.29. The minimum Gasteiger partial charge on any atom is -0.0622 e. The van der Waals surface area contributed by atoms with Crippen LogP contribution in [0.25, 0.3) is 0 Å². The molecule has 106 valence electrons. The number of hydrogen-bond donors (Lipinski definition) is 0. The van der Waals surface area contributed by atoms with Crippen LogP contribution >= 0.6 is 0 Å². The standard InChI is InChI=1S/C20H26/c1-19(2,3)17-13-11-16(12-14-17)15-20(4,5)18-9-7-6-8-10-18/h6-14H,15H2,1-5H3. The van der Waals surface area contributed by atoms with Crippen LogP contribution in [0.15, 0.2) is 54.6 Å². The van der Waals surface area contributed by atoms with Gasteiger partial charge in [0.15, 0.2) is 0 Å². The van der Waals surface area contributed by atoms with E-state index in [1.54, 1.807) is 0 Å². The molecule has 0 radical (unpaired) electrons. The molecule has 0 nitrogen and oxygen atoms in total. The topological polar surface area (TPSA) is 0 Å². The fourth-order valence-corrected chi connectivity index (χ4v) is 2.62. The van der Waals surface area contributed by atoms with Crippen LogP contribution in [0.1, 0.15) is 51.3 Å². The molecule has 0 atom stereocenters. The smallest absolute Gasteiger partial charge is 0.00632 e. The molecule has 0 aliphatic carbocycles. The first-order valence-corrected chi connectivity index (χ1v) is 7.44. The van der Waals surface area contributed by atoms with Gasteiger partial charge in [-0.15, -0.1) is 0 Å². The van der Waals surface area contributed by atoms with Gasteiger partial charge in [0.25, 0.3) is 0 Å². The van der Waals surface area contributed by atoms with E-state index < -0.39 is 0 Å². The minimum atomic E-state index is 0.171. The lowest BCUT2D eigenvalue weighted by Crippen LogP contribution is -2.20. The highest BCUT2D eigenvalue weighted by Gasteiger charge is 2.21. The molecule has 0 saturated heterocycles. The van der Waals surface area contributed by atoms with Crippen LogP contribution in [0, 0.1) is 0 Å². The average molecular weight is 266 g/mol. The van der Waals surface area contributed by atoms with Gasteiger partial charge in [-0.2, -0.15) is 0 Å². The maximum Gasteiger partial charge on any atom is -0.00632 e. The van der Waals surface area contributed by atoms with E-state index in [1.165, 1.54) is 16.7 Å². The fourth-order valence-electron chi connectivity index (χ4n) is 2.62. The molecule has 0 heteroatoms. The summed E-state index contributed by atoms with van der Waals surface area (Å²) in [4.78, 5) is 0. The van der Waals surface area contributed by atoms with E-state index in [0.717, 1.165) is 6.42 Å². The third-order valence-electron chi connectivity index (χ3n) is 4.02. The van der Waals surface area contributed by atoms with Gasteiger partial charge in [-0.3, -0.25) is 0 Å². The quantitative estimate of drug-likeness (QED) is 0.687. The van der Waals surface area contributed by atoms with Crippen LogP contribution in [-0.4, -0.2) is 0 Å². The van der Waals surface area contributed by atoms with E-state index in [1.807, 2.05) is 0 Å². The number of benzene rings is 2. The molecule has 2 rings (SSSR count). The predicted molar refractivity (Wildman–Crippen MR) is 88.3 cm³/mol. The summed E-state index contributed by atoms with van der Waals surface area (Å²) in [6.07, 6.45) is 1.07. The highest BCUT2D eigenvalue weighted by molar-refractivity contribution is 5.31. The summed E-state index contributed by atoms with van der Waals surface area (Å²) in [6, 6.07) is 19.9. The van der Waals surface area contributed by atoms with Gasteiger partial charge in [-0.25, -0.2) is 0 Å². The largest absolute Gasteiger partial charge is 0.0622 e. The Bertz CT molecular complexity index is 539. The van der Waals surface area contributed by atoms with Crippen molar-refractivity contribution in [3.05, 3.63) is 71.3 Å². The van der Waals surface area contributed by atoms with E-state index in [9.17, 15) is 0 Å². The summed E-state index contributed by atoms with van der Waals surface area (Å²) in [7, 11) is 0. The Kier molecular flexibility index (Phi) is 4.04. The molecular formula is C20H26. The highest BCUT2D eigenvalue weighted by Crippen LogP contribution is 2.29. The Labute approximate surface area is 123 Å². The van der Waals surface area contributed by atoms with Crippen molar-refractivity contribution in [3.63, 3.8) is 0 Å². The molecule has 0 fully saturated rings. The van der Waals surface area contributed by atoms with Crippen LogP contribution < -0.4 is 0 Å². The predicted octanol–water partition coefficient (Wildman–Crippen LogP) is 5.50. The first-order valence-electron chi connectivity index (χ1n) is 7.44. The second-order valence-corrected chi connectivity index (χ2v) is 7.37. The van der Waals surface area contributed by atoms with Gasteiger partial charge in [0.2, 0.25) is 0 Å². The zero-order valence-corrected chi connectivity index (χ0v) is 13.4. The second-order valence-electron chi connectivity index (χ2n) is 7.37. The number of rotatable bonds is 3. The Morgan fingerprint density at radius 1 is 0.650 bits per heavy atom. The van der Waals surface area contributed by atoms with Crippen LogP contribution in [-0.2, 0) is 17.3 Å². The zero-order valence-electron chi connectivity index (χ0n) is 13.4. The molecule has 0 heterocycles. The SMILES string of the molecule is CC(C)(C)c1ccc(CC(C)(C)c2ccccc2)cc1. The average Bonchev–Trinajstić information content (AvgIpc) is 2.39. The van der Waals surface area contributed by atoms with Crippen molar-refractivity contribution in [1.82, 2.24) is 0 Å². The van der Waals surface area contributed by atoms with Gasteiger partial charge >= 0.3 is 0 Å². The highest BCUT2D eigenvalue weighted by atomic mass is 14.3. The van der Waals surface area contributed by atoms with Crippen molar-refractivity contribution in [2.75, 3.05) is 0 Å². The molecule has 0 unspecified atom stereocenters. The molecule has 0 spiro atoms. The molecule has 0 aliphatic heterocycles. The molecule has 20 heavy (non-hydrogen) atoms. The molecule has 2 aromatic rings. The molecule has 0 bridgehead atoms. The lowest BCUT2D eigenvalue weighted by atomic mass is 9.78. The van der Waals surface area contributed by atoms with Crippen molar-refractivity contribution in [2.24, 2.45) is 0 Å². The number of hydrogen-bond acceptors (Lipinski definition) is 0. The van der Waals surface area contributed by atoms with Gasteiger partial charge < -0.3 is 0 Å². The Morgan fingerprint density at radius 2 is 1.20 bits per heavy atom. The van der Waals surface area contributed by atoms with Crippen LogP contribution in [0.4, 0.5) is 0 Å². The molecule has 0 aromatic heterocycles. The van der Waals surface area contributed by atoms with Gasteiger partial charge in [0.1, 0.15) is 0 Å². The van der Waals surface area contributed by atoms with E-state index in [-0.39, 0.29) is 10.8 Å². The summed E-state index contributed by atoms with van der Waals surface area (Å²) in [5, 5.41) is 0. The third-order valence-corrected chi connectivity index (χ3v) is 4.02.